The number of hydrogen-bond donors (Lipinski definition) is 0. The molecule has 2 aliphatic carbocycles. The fourth-order valence-electron chi connectivity index (χ4n) is 4.78. The Hall–Kier alpha value is 0.669. The largest absolute Gasteiger partial charge is 0.397 e. The molecule has 2 nitrogen and oxygen atoms in total. The quantitative estimate of drug-likeness (QED) is 0.482. The maximum Gasteiger partial charge on any atom is 0.344 e. The Morgan fingerprint density at radius 2 is 1.04 bits per heavy atom. The smallest absolute Gasteiger partial charge is 0.344 e. The van der Waals surface area contributed by atoms with Crippen molar-refractivity contribution in [1.82, 2.24) is 0 Å². The van der Waals surface area contributed by atoms with Crippen molar-refractivity contribution in [3.05, 3.63) is 0 Å². The molecule has 0 heterocycles. The fourth-order valence-corrected chi connectivity index (χ4v) is 11.1. The Kier molecular flexibility index (Phi) is 11.4. The van der Waals surface area contributed by atoms with Crippen molar-refractivity contribution < 1.29 is 8.85 Å². The van der Waals surface area contributed by atoms with Crippen molar-refractivity contribution in [3.63, 3.8) is 0 Å². The second-order valence-electron chi connectivity index (χ2n) is 7.54. The first-order valence-electron chi connectivity index (χ1n) is 10.3. The molecule has 2 rings (SSSR count). The molecule has 2 aliphatic rings. The van der Waals surface area contributed by atoms with Crippen LogP contribution in [0.2, 0.25) is 26.9 Å². The first-order chi connectivity index (χ1) is 11.2. The molecule has 0 amide bonds. The minimum atomic E-state index is -1.91. The molecule has 0 aromatic carbocycles. The standard InChI is InChI=1S/C13H26O2Si.3C2H5.Al/c1-14-16(15-2,13-10-6-7-11-13)12-8-4-3-5-9-12;3*1-2;/h12-13H,3-11H2,1-2H3;3*1H2,2H3;. The van der Waals surface area contributed by atoms with Gasteiger partial charge in [-0.3, -0.25) is 0 Å². The monoisotopic (exact) mass is 356 g/mol. The van der Waals surface area contributed by atoms with Crippen molar-refractivity contribution in [1.29, 1.82) is 0 Å². The van der Waals surface area contributed by atoms with Gasteiger partial charge in [-0.25, -0.2) is 0 Å². The Bertz CT molecular complexity index is 276. The Labute approximate surface area is 151 Å². The lowest BCUT2D eigenvalue weighted by Gasteiger charge is -2.41. The summed E-state index contributed by atoms with van der Waals surface area (Å²) in [5.41, 5.74) is 1.53. The highest BCUT2D eigenvalue weighted by Gasteiger charge is 2.51. The highest BCUT2D eigenvalue weighted by molar-refractivity contribution is 6.70. The number of rotatable bonds is 7. The SMILES string of the molecule is CO[Si](OC)(C1CCCCC1)C1CCCC1.C[CH2][Al]([CH2]C)[CH2]C. The zero-order valence-corrected chi connectivity index (χ0v) is 18.7. The maximum absolute atomic E-state index is 6.03. The van der Waals surface area contributed by atoms with Crippen LogP contribution in [0, 0.1) is 0 Å². The lowest BCUT2D eigenvalue weighted by Crippen LogP contribution is -2.49. The van der Waals surface area contributed by atoms with Crippen molar-refractivity contribution in [2.75, 3.05) is 14.2 Å². The minimum Gasteiger partial charge on any atom is -0.397 e. The van der Waals surface area contributed by atoms with Crippen LogP contribution in [-0.2, 0) is 8.85 Å². The summed E-state index contributed by atoms with van der Waals surface area (Å²) >= 11 is -0.171. The average Bonchev–Trinajstić information content (AvgIpc) is 3.15. The molecule has 0 atom stereocenters. The molecule has 0 saturated heterocycles. The maximum atomic E-state index is 6.03. The van der Waals surface area contributed by atoms with E-state index in [4.69, 9.17) is 8.85 Å². The Balaban J connectivity index is 0.000000322. The molecule has 0 bridgehead atoms. The fraction of sp³-hybridized carbons (Fsp3) is 1.00. The van der Waals surface area contributed by atoms with Crippen molar-refractivity contribution in [3.8, 4) is 0 Å². The van der Waals surface area contributed by atoms with Gasteiger partial charge in [-0.2, -0.15) is 0 Å². The summed E-state index contributed by atoms with van der Waals surface area (Å²) in [7, 11) is 1.90. The van der Waals surface area contributed by atoms with E-state index in [9.17, 15) is 0 Å². The normalized spacial score (nSPS) is 20.2. The van der Waals surface area contributed by atoms with Gasteiger partial charge in [0.25, 0.3) is 14.1 Å². The summed E-state index contributed by atoms with van der Waals surface area (Å²) in [5, 5.41) is 4.48. The summed E-state index contributed by atoms with van der Waals surface area (Å²) in [6.07, 6.45) is 12.4. The van der Waals surface area contributed by atoms with Crippen molar-refractivity contribution in [2.24, 2.45) is 0 Å². The Morgan fingerprint density at radius 1 is 0.696 bits per heavy atom. The van der Waals surface area contributed by atoms with E-state index < -0.39 is 8.56 Å². The van der Waals surface area contributed by atoms with E-state index in [2.05, 4.69) is 20.8 Å². The third-order valence-electron chi connectivity index (χ3n) is 6.47. The molecular formula is C19H41AlO2Si. The van der Waals surface area contributed by atoms with Gasteiger partial charge in [0, 0.05) is 25.3 Å². The van der Waals surface area contributed by atoms with Crippen LogP contribution in [0.3, 0.4) is 0 Å². The highest BCUT2D eigenvalue weighted by atomic mass is 28.4. The van der Waals surface area contributed by atoms with Crippen LogP contribution in [0.25, 0.3) is 0 Å². The van der Waals surface area contributed by atoms with Gasteiger partial charge in [0.05, 0.1) is 0 Å². The summed E-state index contributed by atoms with van der Waals surface area (Å²) in [6, 6.07) is 0. The van der Waals surface area contributed by atoms with Crippen LogP contribution >= 0.6 is 0 Å². The predicted molar refractivity (Wildman–Crippen MR) is 106 cm³/mol. The van der Waals surface area contributed by atoms with E-state index in [0.29, 0.717) is 0 Å². The van der Waals surface area contributed by atoms with Gasteiger partial charge in [-0.1, -0.05) is 68.7 Å². The molecular weight excluding hydrogens is 315 g/mol. The molecule has 136 valence electrons. The van der Waals surface area contributed by atoms with Gasteiger partial charge in [0.2, 0.25) is 0 Å². The second-order valence-corrected chi connectivity index (χ2v) is 15.6. The van der Waals surface area contributed by atoms with Crippen LogP contribution < -0.4 is 0 Å². The molecule has 0 aromatic rings. The molecule has 0 N–H and O–H groups in total. The van der Waals surface area contributed by atoms with E-state index >= 15 is 0 Å². The van der Waals surface area contributed by atoms with Crippen LogP contribution in [0.15, 0.2) is 0 Å². The van der Waals surface area contributed by atoms with Crippen molar-refractivity contribution in [2.45, 2.75) is 105 Å². The Morgan fingerprint density at radius 3 is 1.30 bits per heavy atom. The van der Waals surface area contributed by atoms with E-state index in [0.717, 1.165) is 11.1 Å². The molecule has 2 fully saturated rings. The van der Waals surface area contributed by atoms with Gasteiger partial charge in [-0.15, -0.1) is 0 Å². The molecule has 23 heavy (non-hydrogen) atoms. The zero-order chi connectivity index (χ0) is 17.1. The van der Waals surface area contributed by atoms with Gasteiger partial charge in [-0.05, 0) is 25.7 Å². The van der Waals surface area contributed by atoms with Crippen molar-refractivity contribution >= 4 is 22.7 Å². The van der Waals surface area contributed by atoms with Crippen LogP contribution in [-0.4, -0.2) is 36.9 Å². The van der Waals surface area contributed by atoms with E-state index in [1.807, 2.05) is 14.2 Å². The molecule has 0 aromatic heterocycles. The van der Waals surface area contributed by atoms with Crippen LogP contribution in [0.1, 0.15) is 78.6 Å². The topological polar surface area (TPSA) is 18.5 Å². The third-order valence-corrected chi connectivity index (χ3v) is 14.6. The van der Waals surface area contributed by atoms with Gasteiger partial charge < -0.3 is 8.85 Å². The van der Waals surface area contributed by atoms with E-state index in [-0.39, 0.29) is 14.1 Å². The molecule has 0 aliphatic heterocycles. The predicted octanol–water partition coefficient (Wildman–Crippen LogP) is 6.54. The average molecular weight is 357 g/mol. The summed E-state index contributed by atoms with van der Waals surface area (Å²) < 4.78 is 12.1. The number of hydrogen-bond acceptors (Lipinski definition) is 2. The molecule has 0 spiro atoms. The first-order valence-corrected chi connectivity index (χ1v) is 14.7. The summed E-state index contributed by atoms with van der Waals surface area (Å²) in [6.45, 7) is 6.97. The molecule has 0 unspecified atom stereocenters. The van der Waals surface area contributed by atoms with Crippen LogP contribution in [0.5, 0.6) is 0 Å². The minimum absolute atomic E-state index is 0.171. The highest BCUT2D eigenvalue weighted by Crippen LogP contribution is 2.49. The van der Waals surface area contributed by atoms with E-state index in [1.165, 1.54) is 73.6 Å². The molecule has 2 saturated carbocycles. The van der Waals surface area contributed by atoms with Gasteiger partial charge >= 0.3 is 8.56 Å². The lowest BCUT2D eigenvalue weighted by molar-refractivity contribution is 0.203. The molecule has 0 radical (unpaired) electrons. The summed E-state index contributed by atoms with van der Waals surface area (Å²) in [5.74, 6) is 0. The third kappa shape index (κ3) is 6.15. The zero-order valence-electron chi connectivity index (χ0n) is 16.5. The lowest BCUT2D eigenvalue weighted by atomic mass is 10.0. The first kappa shape index (κ1) is 21.7. The van der Waals surface area contributed by atoms with E-state index in [1.54, 1.807) is 0 Å². The second kappa shape index (κ2) is 12.1. The summed E-state index contributed by atoms with van der Waals surface area (Å²) in [4.78, 5) is 0. The van der Waals surface area contributed by atoms with Crippen LogP contribution in [0.4, 0.5) is 0 Å². The van der Waals surface area contributed by atoms with Gasteiger partial charge in [0.1, 0.15) is 0 Å². The van der Waals surface area contributed by atoms with Gasteiger partial charge in [0.15, 0.2) is 0 Å². The molecule has 4 heteroatoms.